The molecular formula is C17H18N2OS2. The van der Waals surface area contributed by atoms with E-state index >= 15 is 0 Å². The second-order valence-electron chi connectivity index (χ2n) is 5.80. The number of benzene rings is 1. The van der Waals surface area contributed by atoms with Gasteiger partial charge in [0.15, 0.2) is 5.17 Å². The molecule has 0 aliphatic carbocycles. The molecule has 0 saturated carbocycles. The molecule has 2 aromatic rings. The van der Waals surface area contributed by atoms with Crippen LogP contribution in [0.4, 0.5) is 0 Å². The van der Waals surface area contributed by atoms with Crippen LogP contribution < -0.4 is 0 Å². The lowest BCUT2D eigenvalue weighted by Crippen LogP contribution is -2.20. The normalized spacial score (nSPS) is 17.8. The number of furan rings is 1. The average Bonchev–Trinajstić information content (AvgIpc) is 3.20. The maximum atomic E-state index is 5.82. The molecule has 1 aromatic heterocycles. The molecule has 5 heteroatoms. The van der Waals surface area contributed by atoms with Crippen LogP contribution in [-0.4, -0.2) is 29.4 Å². The van der Waals surface area contributed by atoms with Gasteiger partial charge in [0, 0.05) is 27.3 Å². The van der Waals surface area contributed by atoms with Gasteiger partial charge in [-0.3, -0.25) is 4.99 Å². The third-order valence-corrected chi connectivity index (χ3v) is 6.17. The summed E-state index contributed by atoms with van der Waals surface area (Å²) < 4.78 is 5.82. The summed E-state index contributed by atoms with van der Waals surface area (Å²) in [5, 5.41) is 2.32. The Hall–Kier alpha value is -1.33. The highest BCUT2D eigenvalue weighted by atomic mass is 32.2. The van der Waals surface area contributed by atoms with Crippen molar-refractivity contribution >= 4 is 45.4 Å². The first-order chi connectivity index (χ1) is 10.7. The Morgan fingerprint density at radius 2 is 2.23 bits per heavy atom. The number of nitrogens with zero attached hydrogens (tertiary/aromatic N) is 2. The van der Waals surface area contributed by atoms with Crippen LogP contribution in [0.2, 0.25) is 0 Å². The number of amidine groups is 1. The SMILES string of the molecule is CSc1cc(C2=C(C(C)C)SC3=NCCN32)c2occc2c1. The average molecular weight is 330 g/mol. The predicted molar refractivity (Wildman–Crippen MR) is 96.4 cm³/mol. The van der Waals surface area contributed by atoms with E-state index in [9.17, 15) is 0 Å². The molecule has 0 bridgehead atoms. The van der Waals surface area contributed by atoms with E-state index in [0.29, 0.717) is 5.92 Å². The minimum absolute atomic E-state index is 0.483. The number of rotatable bonds is 3. The molecule has 2 aliphatic heterocycles. The summed E-state index contributed by atoms with van der Waals surface area (Å²) in [6, 6.07) is 6.51. The van der Waals surface area contributed by atoms with Crippen LogP contribution in [0.1, 0.15) is 19.4 Å². The Balaban J connectivity index is 1.97. The number of thioether (sulfide) groups is 2. The molecule has 22 heavy (non-hydrogen) atoms. The molecule has 0 N–H and O–H groups in total. The van der Waals surface area contributed by atoms with Gasteiger partial charge in [-0.05, 0) is 30.4 Å². The molecule has 0 unspecified atom stereocenters. The molecule has 0 amide bonds. The van der Waals surface area contributed by atoms with Crippen LogP contribution in [0.25, 0.3) is 16.7 Å². The van der Waals surface area contributed by atoms with Crippen molar-refractivity contribution in [1.82, 2.24) is 4.90 Å². The monoisotopic (exact) mass is 330 g/mol. The van der Waals surface area contributed by atoms with Gasteiger partial charge >= 0.3 is 0 Å². The van der Waals surface area contributed by atoms with Crippen LogP contribution in [0.15, 0.2) is 43.7 Å². The van der Waals surface area contributed by atoms with Crippen LogP contribution >= 0.6 is 23.5 Å². The van der Waals surface area contributed by atoms with E-state index in [1.807, 2.05) is 11.8 Å². The Bertz CT molecular complexity index is 804. The highest BCUT2D eigenvalue weighted by Gasteiger charge is 2.35. The lowest BCUT2D eigenvalue weighted by Gasteiger charge is -2.19. The minimum Gasteiger partial charge on any atom is -0.464 e. The number of fused-ring (bicyclic) bond motifs is 2. The molecule has 3 nitrogen and oxygen atoms in total. The second-order valence-corrected chi connectivity index (χ2v) is 7.69. The third kappa shape index (κ3) is 2.10. The first-order valence-electron chi connectivity index (χ1n) is 7.48. The molecule has 0 spiro atoms. The lowest BCUT2D eigenvalue weighted by molar-refractivity contribution is 0.606. The van der Waals surface area contributed by atoms with Gasteiger partial charge < -0.3 is 9.32 Å². The fourth-order valence-electron chi connectivity index (χ4n) is 3.02. The highest BCUT2D eigenvalue weighted by molar-refractivity contribution is 8.17. The number of allylic oxidation sites excluding steroid dienone is 1. The van der Waals surface area contributed by atoms with Gasteiger partial charge in [-0.1, -0.05) is 25.6 Å². The van der Waals surface area contributed by atoms with E-state index in [2.05, 4.69) is 48.2 Å². The number of aliphatic imine (C=N–C) groups is 1. The van der Waals surface area contributed by atoms with E-state index in [1.54, 1.807) is 18.0 Å². The Labute approximate surface area is 138 Å². The van der Waals surface area contributed by atoms with Gasteiger partial charge in [0.05, 0.1) is 18.5 Å². The fourth-order valence-corrected chi connectivity index (χ4v) is 4.70. The van der Waals surface area contributed by atoms with Crippen molar-refractivity contribution in [3.8, 4) is 0 Å². The van der Waals surface area contributed by atoms with Crippen LogP contribution in [0.5, 0.6) is 0 Å². The standard InChI is InChI=1S/C17H18N2OS2/c1-10(2)16-14(19-6-5-18-17(19)22-16)13-9-12(21-3)8-11-4-7-20-15(11)13/h4,7-10H,5-6H2,1-3H3. The van der Waals surface area contributed by atoms with Crippen molar-refractivity contribution in [2.75, 3.05) is 19.3 Å². The van der Waals surface area contributed by atoms with E-state index in [0.717, 1.165) is 23.8 Å². The molecule has 4 rings (SSSR count). The largest absolute Gasteiger partial charge is 0.464 e. The summed E-state index contributed by atoms with van der Waals surface area (Å²) in [6.45, 7) is 6.37. The first-order valence-corrected chi connectivity index (χ1v) is 9.53. The molecule has 0 fully saturated rings. The van der Waals surface area contributed by atoms with Crippen LogP contribution in [0, 0.1) is 5.92 Å². The summed E-state index contributed by atoms with van der Waals surface area (Å²) in [6.07, 6.45) is 3.91. The van der Waals surface area contributed by atoms with Crippen molar-refractivity contribution in [3.63, 3.8) is 0 Å². The highest BCUT2D eigenvalue weighted by Crippen LogP contribution is 2.47. The maximum absolute atomic E-state index is 5.82. The van der Waals surface area contributed by atoms with Gasteiger partial charge in [-0.2, -0.15) is 0 Å². The topological polar surface area (TPSA) is 28.7 Å². The van der Waals surface area contributed by atoms with E-state index in [1.165, 1.54) is 26.4 Å². The van der Waals surface area contributed by atoms with E-state index < -0.39 is 0 Å². The summed E-state index contributed by atoms with van der Waals surface area (Å²) in [5.41, 5.74) is 3.49. The Kier molecular flexibility index (Phi) is 3.50. The molecule has 1 aromatic carbocycles. The Morgan fingerprint density at radius 3 is 3.00 bits per heavy atom. The van der Waals surface area contributed by atoms with Gasteiger partial charge in [-0.15, -0.1) is 11.8 Å². The molecule has 3 heterocycles. The fraction of sp³-hybridized carbons (Fsp3) is 0.353. The predicted octanol–water partition coefficient (Wildman–Crippen LogP) is 4.90. The molecule has 2 aliphatic rings. The van der Waals surface area contributed by atoms with Crippen LogP contribution in [0.3, 0.4) is 0 Å². The van der Waals surface area contributed by atoms with Crippen LogP contribution in [-0.2, 0) is 0 Å². The van der Waals surface area contributed by atoms with Crippen molar-refractivity contribution in [3.05, 3.63) is 34.9 Å². The van der Waals surface area contributed by atoms with Gasteiger partial charge in [-0.25, -0.2) is 0 Å². The van der Waals surface area contributed by atoms with Gasteiger partial charge in [0.2, 0.25) is 0 Å². The molecular weight excluding hydrogens is 312 g/mol. The third-order valence-electron chi connectivity index (χ3n) is 4.05. The van der Waals surface area contributed by atoms with Crippen molar-refractivity contribution in [1.29, 1.82) is 0 Å². The molecule has 0 radical (unpaired) electrons. The quantitative estimate of drug-likeness (QED) is 0.749. The molecule has 0 atom stereocenters. The van der Waals surface area contributed by atoms with Crippen molar-refractivity contribution in [2.24, 2.45) is 10.9 Å². The Morgan fingerprint density at radius 1 is 1.36 bits per heavy atom. The van der Waals surface area contributed by atoms with Gasteiger partial charge in [0.1, 0.15) is 5.58 Å². The molecule has 0 saturated heterocycles. The summed E-state index contributed by atoms with van der Waals surface area (Å²) in [7, 11) is 0. The lowest BCUT2D eigenvalue weighted by atomic mass is 10.0. The van der Waals surface area contributed by atoms with Crippen molar-refractivity contribution < 1.29 is 4.42 Å². The number of hydrogen-bond donors (Lipinski definition) is 0. The smallest absolute Gasteiger partial charge is 0.168 e. The van der Waals surface area contributed by atoms with Gasteiger partial charge in [0.25, 0.3) is 0 Å². The van der Waals surface area contributed by atoms with E-state index in [4.69, 9.17) is 4.42 Å². The molecule has 114 valence electrons. The minimum atomic E-state index is 0.483. The van der Waals surface area contributed by atoms with Crippen molar-refractivity contribution in [2.45, 2.75) is 18.7 Å². The zero-order valence-electron chi connectivity index (χ0n) is 12.9. The maximum Gasteiger partial charge on any atom is 0.168 e. The summed E-state index contributed by atoms with van der Waals surface area (Å²) in [4.78, 5) is 9.68. The zero-order valence-corrected chi connectivity index (χ0v) is 14.6. The summed E-state index contributed by atoms with van der Waals surface area (Å²) >= 11 is 3.60. The summed E-state index contributed by atoms with van der Waals surface area (Å²) in [5.74, 6) is 0.483. The first kappa shape index (κ1) is 14.3. The zero-order chi connectivity index (χ0) is 15.3. The van der Waals surface area contributed by atoms with E-state index in [-0.39, 0.29) is 0 Å². The second kappa shape index (κ2) is 5.39. The number of hydrogen-bond acceptors (Lipinski definition) is 5.